The van der Waals surface area contributed by atoms with Crippen LogP contribution < -0.4 is 10.6 Å². The summed E-state index contributed by atoms with van der Waals surface area (Å²) < 4.78 is 10.7. The van der Waals surface area contributed by atoms with Gasteiger partial charge in [0.2, 0.25) is 0 Å². The molecule has 3 aromatic heterocycles. The highest BCUT2D eigenvalue weighted by Gasteiger charge is 2.14. The number of nitrogens with zero attached hydrogens (tertiary/aromatic N) is 5. The van der Waals surface area contributed by atoms with Gasteiger partial charge >= 0.3 is 0 Å². The van der Waals surface area contributed by atoms with E-state index in [1.54, 1.807) is 13.2 Å². The number of hydrogen-bond donors (Lipinski definition) is 2. The monoisotopic (exact) mass is 511 g/mol. The van der Waals surface area contributed by atoms with Gasteiger partial charge in [-0.25, -0.2) is 0 Å². The van der Waals surface area contributed by atoms with Crippen LogP contribution in [0.4, 0.5) is 0 Å². The molecule has 0 saturated heterocycles. The van der Waals surface area contributed by atoms with E-state index >= 15 is 0 Å². The summed E-state index contributed by atoms with van der Waals surface area (Å²) in [6.45, 7) is 5.35. The van der Waals surface area contributed by atoms with Crippen LogP contribution in [0.5, 0.6) is 0 Å². The largest absolute Gasteiger partial charge is 0.361 e. The first-order chi connectivity index (χ1) is 13.7. The molecule has 0 unspecified atom stereocenters. The molecule has 9 nitrogen and oxygen atoms in total. The van der Waals surface area contributed by atoms with Crippen molar-refractivity contribution in [3.05, 3.63) is 47.2 Å². The Kier molecular flexibility index (Phi) is 9.03. The number of nitrogens with one attached hydrogen (secondary N) is 2. The number of aromatic nitrogens is 4. The SMILES string of the molecule is CCc1noc(CC)c1CNC(=NC)NCCc1noc(-c2ccccn2)n1.I. The van der Waals surface area contributed by atoms with Crippen molar-refractivity contribution in [2.75, 3.05) is 13.6 Å². The van der Waals surface area contributed by atoms with Crippen LogP contribution in [0.3, 0.4) is 0 Å². The van der Waals surface area contributed by atoms with Gasteiger partial charge in [-0.2, -0.15) is 4.98 Å². The van der Waals surface area contributed by atoms with Crippen molar-refractivity contribution in [1.29, 1.82) is 0 Å². The zero-order chi connectivity index (χ0) is 19.8. The molecular formula is C19H26IN7O2. The quantitative estimate of drug-likeness (QED) is 0.270. The molecule has 0 aliphatic heterocycles. The lowest BCUT2D eigenvalue weighted by atomic mass is 10.1. The molecule has 3 rings (SSSR count). The lowest BCUT2D eigenvalue weighted by Crippen LogP contribution is -2.38. The molecule has 3 heterocycles. The summed E-state index contributed by atoms with van der Waals surface area (Å²) in [5, 5.41) is 14.7. The molecule has 0 atom stereocenters. The molecule has 0 saturated carbocycles. The van der Waals surface area contributed by atoms with Crippen LogP contribution in [0.15, 0.2) is 38.4 Å². The normalized spacial score (nSPS) is 11.2. The molecule has 0 radical (unpaired) electrons. The maximum Gasteiger partial charge on any atom is 0.276 e. The summed E-state index contributed by atoms with van der Waals surface area (Å²) in [6, 6.07) is 5.56. The number of aryl methyl sites for hydroxylation is 2. The average molecular weight is 511 g/mol. The highest BCUT2D eigenvalue weighted by molar-refractivity contribution is 14.0. The maximum atomic E-state index is 5.40. The molecule has 0 amide bonds. The standard InChI is InChI=1S/C19H25N7O2.HI/c1-4-14-13(16(5-2)27-25-14)12-23-19(20-3)22-11-9-17-24-18(28-26-17)15-8-6-7-10-21-15;/h6-8,10H,4-5,9,11-12H2,1-3H3,(H2,20,22,23);1H. The Morgan fingerprint density at radius 3 is 2.66 bits per heavy atom. The van der Waals surface area contributed by atoms with E-state index in [-0.39, 0.29) is 24.0 Å². The van der Waals surface area contributed by atoms with E-state index in [0.29, 0.717) is 42.9 Å². The number of halogens is 1. The van der Waals surface area contributed by atoms with Crippen LogP contribution in [0.25, 0.3) is 11.6 Å². The zero-order valence-corrected chi connectivity index (χ0v) is 19.1. The van der Waals surface area contributed by atoms with Crippen LogP contribution in [0, 0.1) is 0 Å². The van der Waals surface area contributed by atoms with Crippen molar-refractivity contribution in [3.8, 4) is 11.6 Å². The van der Waals surface area contributed by atoms with Gasteiger partial charge in [-0.1, -0.05) is 30.2 Å². The fourth-order valence-electron chi connectivity index (χ4n) is 2.77. The van der Waals surface area contributed by atoms with E-state index in [4.69, 9.17) is 9.05 Å². The summed E-state index contributed by atoms with van der Waals surface area (Å²) >= 11 is 0. The minimum atomic E-state index is 0. The molecule has 2 N–H and O–H groups in total. The first kappa shape index (κ1) is 22.8. The van der Waals surface area contributed by atoms with Crippen LogP contribution in [0.2, 0.25) is 0 Å². The molecule has 0 spiro atoms. The van der Waals surface area contributed by atoms with Crippen molar-refractivity contribution in [2.45, 2.75) is 39.7 Å². The Bertz CT molecular complexity index is 887. The van der Waals surface area contributed by atoms with Crippen molar-refractivity contribution >= 4 is 29.9 Å². The maximum absolute atomic E-state index is 5.40. The second-order valence-electron chi connectivity index (χ2n) is 6.07. The summed E-state index contributed by atoms with van der Waals surface area (Å²) in [5.41, 5.74) is 2.75. The highest BCUT2D eigenvalue weighted by atomic mass is 127. The third kappa shape index (κ3) is 5.99. The molecule has 29 heavy (non-hydrogen) atoms. The van der Waals surface area contributed by atoms with Gasteiger partial charge in [0.15, 0.2) is 11.8 Å². The molecule has 0 aliphatic carbocycles. The molecular weight excluding hydrogens is 485 g/mol. The van der Waals surface area contributed by atoms with Crippen molar-refractivity contribution < 1.29 is 9.05 Å². The van der Waals surface area contributed by atoms with Gasteiger partial charge in [0, 0.05) is 44.7 Å². The molecule has 3 aromatic rings. The number of rotatable bonds is 8. The third-order valence-electron chi connectivity index (χ3n) is 4.26. The van der Waals surface area contributed by atoms with Crippen molar-refractivity contribution in [1.82, 2.24) is 30.9 Å². The second kappa shape index (κ2) is 11.5. The van der Waals surface area contributed by atoms with Crippen LogP contribution >= 0.6 is 24.0 Å². The Labute approximate surface area is 186 Å². The van der Waals surface area contributed by atoms with Gasteiger partial charge in [0.25, 0.3) is 5.89 Å². The van der Waals surface area contributed by atoms with E-state index in [2.05, 4.69) is 49.8 Å². The van der Waals surface area contributed by atoms with E-state index in [1.165, 1.54) is 0 Å². The van der Waals surface area contributed by atoms with Gasteiger partial charge in [-0.3, -0.25) is 9.98 Å². The molecule has 10 heteroatoms. The predicted octanol–water partition coefficient (Wildman–Crippen LogP) is 2.77. The number of pyridine rings is 1. The summed E-state index contributed by atoms with van der Waals surface area (Å²) in [6.07, 6.45) is 3.94. The van der Waals surface area contributed by atoms with Crippen LogP contribution in [-0.2, 0) is 25.8 Å². The minimum absolute atomic E-state index is 0. The Morgan fingerprint density at radius 2 is 1.97 bits per heavy atom. The fourth-order valence-corrected chi connectivity index (χ4v) is 2.77. The van der Waals surface area contributed by atoms with Gasteiger partial charge in [-0.05, 0) is 18.6 Å². The topological polar surface area (TPSA) is 114 Å². The van der Waals surface area contributed by atoms with Crippen molar-refractivity contribution in [2.24, 2.45) is 4.99 Å². The first-order valence-corrected chi connectivity index (χ1v) is 9.39. The van der Waals surface area contributed by atoms with E-state index in [1.807, 2.05) is 18.2 Å². The fraction of sp³-hybridized carbons (Fsp3) is 0.421. The van der Waals surface area contributed by atoms with Crippen LogP contribution in [0.1, 0.15) is 36.7 Å². The average Bonchev–Trinajstić information content (AvgIpc) is 3.37. The Balaban J connectivity index is 0.00000300. The van der Waals surface area contributed by atoms with E-state index in [0.717, 1.165) is 29.9 Å². The lowest BCUT2D eigenvalue weighted by Gasteiger charge is -2.11. The van der Waals surface area contributed by atoms with Gasteiger partial charge in [0.05, 0.1) is 5.69 Å². The molecule has 0 fully saturated rings. The molecule has 0 bridgehead atoms. The third-order valence-corrected chi connectivity index (χ3v) is 4.26. The van der Waals surface area contributed by atoms with E-state index < -0.39 is 0 Å². The highest BCUT2D eigenvalue weighted by Crippen LogP contribution is 2.15. The summed E-state index contributed by atoms with van der Waals surface area (Å²) in [5.74, 6) is 2.64. The van der Waals surface area contributed by atoms with Gasteiger partial charge in [-0.15, -0.1) is 24.0 Å². The Hall–Kier alpha value is -2.50. The number of guanidine groups is 1. The lowest BCUT2D eigenvalue weighted by molar-refractivity contribution is 0.380. The molecule has 156 valence electrons. The minimum Gasteiger partial charge on any atom is -0.361 e. The molecule has 0 aliphatic rings. The van der Waals surface area contributed by atoms with E-state index in [9.17, 15) is 0 Å². The van der Waals surface area contributed by atoms with Crippen LogP contribution in [-0.4, -0.2) is 39.8 Å². The Morgan fingerprint density at radius 1 is 1.10 bits per heavy atom. The van der Waals surface area contributed by atoms with Gasteiger partial charge < -0.3 is 19.7 Å². The van der Waals surface area contributed by atoms with Gasteiger partial charge in [0.1, 0.15) is 11.5 Å². The summed E-state index contributed by atoms with van der Waals surface area (Å²) in [7, 11) is 1.73. The zero-order valence-electron chi connectivity index (χ0n) is 16.8. The molecule has 0 aromatic carbocycles. The predicted molar refractivity (Wildman–Crippen MR) is 120 cm³/mol. The first-order valence-electron chi connectivity index (χ1n) is 9.39. The smallest absolute Gasteiger partial charge is 0.276 e. The summed E-state index contributed by atoms with van der Waals surface area (Å²) in [4.78, 5) is 12.8. The second-order valence-corrected chi connectivity index (χ2v) is 6.07. The number of aliphatic imine (C=N–C) groups is 1. The van der Waals surface area contributed by atoms with Crippen molar-refractivity contribution in [3.63, 3.8) is 0 Å². The number of hydrogen-bond acceptors (Lipinski definition) is 7.